The maximum atomic E-state index is 13.1. The number of likely N-dealkylation sites (tertiary alicyclic amines) is 1. The smallest absolute Gasteiger partial charge is 0.272 e. The normalized spacial score (nSPS) is 13.2. The van der Waals surface area contributed by atoms with Crippen molar-refractivity contribution in [1.29, 1.82) is 0 Å². The number of nitrogens with zero attached hydrogens (tertiary/aromatic N) is 4. The molecular formula is C33H37N7O4. The number of hydrogen-bond acceptors (Lipinski definition) is 6. The van der Waals surface area contributed by atoms with Crippen molar-refractivity contribution in [3.63, 3.8) is 0 Å². The number of aromatic nitrogens is 3. The van der Waals surface area contributed by atoms with E-state index in [9.17, 15) is 14.4 Å². The summed E-state index contributed by atoms with van der Waals surface area (Å²) in [4.78, 5) is 45.3. The van der Waals surface area contributed by atoms with E-state index in [1.54, 1.807) is 67.0 Å². The van der Waals surface area contributed by atoms with Crippen LogP contribution in [-0.2, 0) is 14.1 Å². The lowest BCUT2D eigenvalue weighted by Gasteiger charge is -2.14. The van der Waals surface area contributed by atoms with Crippen LogP contribution in [-0.4, -0.2) is 70.0 Å². The molecule has 3 N–H and O–H groups in total. The molecule has 1 aliphatic heterocycles. The predicted molar refractivity (Wildman–Crippen MR) is 171 cm³/mol. The molecule has 0 radical (unpaired) electrons. The number of nitrogens with one attached hydrogen (secondary N) is 3. The molecule has 1 saturated heterocycles. The highest BCUT2D eigenvalue weighted by atomic mass is 16.5. The Kier molecular flexibility index (Phi) is 9.56. The molecule has 0 aliphatic carbocycles. The maximum absolute atomic E-state index is 13.1. The van der Waals surface area contributed by atoms with Gasteiger partial charge in [0.1, 0.15) is 17.1 Å². The summed E-state index contributed by atoms with van der Waals surface area (Å²) in [6.07, 6.45) is 11.1. The molecule has 4 heterocycles. The molecule has 0 bridgehead atoms. The number of anilines is 2. The van der Waals surface area contributed by atoms with Crippen LogP contribution in [0, 0.1) is 0 Å². The van der Waals surface area contributed by atoms with Gasteiger partial charge >= 0.3 is 0 Å². The van der Waals surface area contributed by atoms with Crippen LogP contribution in [0.3, 0.4) is 0 Å². The van der Waals surface area contributed by atoms with Crippen LogP contribution in [0.2, 0.25) is 0 Å². The standard InChI is InChI=1S/C33H37N7O4/c1-38-22-27(18-29(38)32(42)34-14-17-40-15-4-5-16-40)37-33(43)30-19-26(21-39(30)2)36-31(41)24-9-11-25(35-20-24)10-6-23-7-12-28(44-3)13-8-23/h6-13,18-22H,4-5,14-17H2,1-3H3,(H,34,42)(H,36,41)(H,37,43)/b10-6+. The van der Waals surface area contributed by atoms with Gasteiger partial charge in [0, 0.05) is 45.8 Å². The summed E-state index contributed by atoms with van der Waals surface area (Å²) in [5.74, 6) is -0.110. The lowest BCUT2D eigenvalue weighted by molar-refractivity contribution is 0.0940. The van der Waals surface area contributed by atoms with E-state index in [2.05, 4.69) is 25.8 Å². The number of methoxy groups -OCH3 is 1. The zero-order valence-electron chi connectivity index (χ0n) is 25.2. The van der Waals surface area contributed by atoms with Crippen LogP contribution >= 0.6 is 0 Å². The van der Waals surface area contributed by atoms with Gasteiger partial charge in [-0.05, 0) is 74.0 Å². The fourth-order valence-corrected chi connectivity index (χ4v) is 5.07. The SMILES string of the molecule is COc1ccc(/C=C/c2ccc(C(=O)Nc3cc(C(=O)Nc4cc(C(=O)NCCN5CCCC5)n(C)c4)n(C)c3)cn2)cc1. The monoisotopic (exact) mass is 595 g/mol. The molecule has 3 aromatic heterocycles. The molecule has 3 amide bonds. The Bertz CT molecular complexity index is 1650. The number of carbonyl (C=O) groups excluding carboxylic acids is 3. The second kappa shape index (κ2) is 13.9. The average Bonchev–Trinajstić information content (AvgIpc) is 3.77. The molecule has 4 aromatic rings. The summed E-state index contributed by atoms with van der Waals surface area (Å²) in [6.45, 7) is 3.56. The third-order valence-corrected chi connectivity index (χ3v) is 7.51. The molecule has 228 valence electrons. The van der Waals surface area contributed by atoms with E-state index in [4.69, 9.17) is 4.74 Å². The van der Waals surface area contributed by atoms with E-state index in [-0.39, 0.29) is 17.7 Å². The predicted octanol–water partition coefficient (Wildman–Crippen LogP) is 4.27. The van der Waals surface area contributed by atoms with Crippen molar-refractivity contribution in [3.8, 4) is 5.75 Å². The lowest BCUT2D eigenvalue weighted by Crippen LogP contribution is -2.34. The molecule has 0 unspecified atom stereocenters. The Balaban J connectivity index is 1.15. The number of benzene rings is 1. The lowest BCUT2D eigenvalue weighted by atomic mass is 10.1. The zero-order valence-corrected chi connectivity index (χ0v) is 25.2. The Labute approximate surface area is 256 Å². The van der Waals surface area contributed by atoms with E-state index >= 15 is 0 Å². The number of carbonyl (C=O) groups is 3. The van der Waals surface area contributed by atoms with Crippen LogP contribution in [0.4, 0.5) is 11.4 Å². The van der Waals surface area contributed by atoms with Gasteiger partial charge in [0.05, 0.1) is 29.7 Å². The summed E-state index contributed by atoms with van der Waals surface area (Å²) in [5.41, 5.74) is 3.87. The van der Waals surface area contributed by atoms with Crippen molar-refractivity contribution >= 4 is 41.2 Å². The Morgan fingerprint density at radius 1 is 0.841 bits per heavy atom. The average molecular weight is 596 g/mol. The minimum atomic E-state index is -0.366. The van der Waals surface area contributed by atoms with E-state index in [0.29, 0.717) is 40.6 Å². The van der Waals surface area contributed by atoms with Crippen LogP contribution < -0.4 is 20.7 Å². The fraction of sp³-hybridized carbons (Fsp3) is 0.273. The van der Waals surface area contributed by atoms with Gasteiger partial charge in [-0.15, -0.1) is 0 Å². The van der Waals surface area contributed by atoms with Gasteiger partial charge in [0.25, 0.3) is 17.7 Å². The number of rotatable bonds is 11. The quantitative estimate of drug-likeness (QED) is 0.238. The molecule has 44 heavy (non-hydrogen) atoms. The number of amides is 3. The summed E-state index contributed by atoms with van der Waals surface area (Å²) < 4.78 is 8.49. The van der Waals surface area contributed by atoms with Gasteiger partial charge in [0.15, 0.2) is 0 Å². The van der Waals surface area contributed by atoms with Crippen molar-refractivity contribution in [2.45, 2.75) is 12.8 Å². The molecule has 1 fully saturated rings. The van der Waals surface area contributed by atoms with Gasteiger partial charge in [-0.3, -0.25) is 19.4 Å². The van der Waals surface area contributed by atoms with Crippen LogP contribution in [0.15, 0.2) is 67.1 Å². The van der Waals surface area contributed by atoms with Gasteiger partial charge in [-0.1, -0.05) is 18.2 Å². The highest BCUT2D eigenvalue weighted by Gasteiger charge is 2.18. The van der Waals surface area contributed by atoms with Crippen molar-refractivity contribution < 1.29 is 19.1 Å². The third-order valence-electron chi connectivity index (χ3n) is 7.51. The molecule has 0 spiro atoms. The maximum Gasteiger partial charge on any atom is 0.272 e. The van der Waals surface area contributed by atoms with E-state index in [1.165, 1.54) is 19.0 Å². The van der Waals surface area contributed by atoms with Crippen LogP contribution in [0.5, 0.6) is 5.75 Å². The van der Waals surface area contributed by atoms with Gasteiger partial charge in [-0.2, -0.15) is 0 Å². The minimum Gasteiger partial charge on any atom is -0.497 e. The molecular weight excluding hydrogens is 558 g/mol. The van der Waals surface area contributed by atoms with E-state index in [0.717, 1.165) is 30.9 Å². The van der Waals surface area contributed by atoms with E-state index < -0.39 is 0 Å². The van der Waals surface area contributed by atoms with Gasteiger partial charge in [0.2, 0.25) is 0 Å². The molecule has 1 aliphatic rings. The Hall–Kier alpha value is -5.16. The first kappa shape index (κ1) is 30.3. The van der Waals surface area contributed by atoms with Crippen LogP contribution in [0.1, 0.15) is 55.4 Å². The highest BCUT2D eigenvalue weighted by molar-refractivity contribution is 6.07. The van der Waals surface area contributed by atoms with Gasteiger partial charge in [-0.25, -0.2) is 0 Å². The topological polar surface area (TPSA) is 123 Å². The second-order valence-electron chi connectivity index (χ2n) is 10.7. The molecule has 0 saturated carbocycles. The van der Waals surface area contributed by atoms with Crippen molar-refractivity contribution in [2.75, 3.05) is 43.9 Å². The molecule has 1 aromatic carbocycles. The minimum absolute atomic E-state index is 0.188. The second-order valence-corrected chi connectivity index (χ2v) is 10.7. The van der Waals surface area contributed by atoms with Crippen molar-refractivity contribution in [2.24, 2.45) is 14.1 Å². The number of aryl methyl sites for hydroxylation is 2. The first-order valence-corrected chi connectivity index (χ1v) is 14.5. The van der Waals surface area contributed by atoms with E-state index in [1.807, 2.05) is 36.4 Å². The van der Waals surface area contributed by atoms with Gasteiger partial charge < -0.3 is 34.7 Å². The molecule has 0 atom stereocenters. The summed E-state index contributed by atoms with van der Waals surface area (Å²) in [5, 5.41) is 8.63. The number of ether oxygens (including phenoxy) is 1. The Morgan fingerprint density at radius 3 is 2.09 bits per heavy atom. The number of hydrogen-bond donors (Lipinski definition) is 3. The Morgan fingerprint density at radius 2 is 1.48 bits per heavy atom. The molecule has 11 heteroatoms. The third kappa shape index (κ3) is 7.61. The molecule has 11 nitrogen and oxygen atoms in total. The van der Waals surface area contributed by atoms with Crippen LogP contribution in [0.25, 0.3) is 12.2 Å². The number of pyridine rings is 1. The fourth-order valence-electron chi connectivity index (χ4n) is 5.07. The molecule has 5 rings (SSSR count). The highest BCUT2D eigenvalue weighted by Crippen LogP contribution is 2.19. The summed E-state index contributed by atoms with van der Waals surface area (Å²) >= 11 is 0. The summed E-state index contributed by atoms with van der Waals surface area (Å²) in [6, 6.07) is 14.4. The summed E-state index contributed by atoms with van der Waals surface area (Å²) in [7, 11) is 5.11. The first-order chi connectivity index (χ1) is 21.3. The largest absolute Gasteiger partial charge is 0.497 e. The van der Waals surface area contributed by atoms with Crippen molar-refractivity contribution in [1.82, 2.24) is 24.3 Å². The van der Waals surface area contributed by atoms with Crippen molar-refractivity contribution in [3.05, 3.63) is 95.3 Å². The first-order valence-electron chi connectivity index (χ1n) is 14.5. The zero-order chi connectivity index (χ0) is 31.1.